The van der Waals surface area contributed by atoms with Gasteiger partial charge in [0.1, 0.15) is 6.33 Å². The van der Waals surface area contributed by atoms with Crippen LogP contribution in [0.5, 0.6) is 0 Å². The predicted molar refractivity (Wildman–Crippen MR) is 63.0 cm³/mol. The van der Waals surface area contributed by atoms with Crippen LogP contribution in [0.15, 0.2) is 35.1 Å². The highest BCUT2D eigenvalue weighted by Crippen LogP contribution is 2.20. The summed E-state index contributed by atoms with van der Waals surface area (Å²) in [7, 11) is 0. The van der Waals surface area contributed by atoms with Crippen molar-refractivity contribution in [3.8, 4) is 23.1 Å². The number of nitrogens with two attached hydrogens (primary N) is 1. The lowest BCUT2D eigenvalue weighted by molar-refractivity contribution is 0.432. The maximum absolute atomic E-state index is 5.59. The Bertz CT molecular complexity index is 645. The lowest BCUT2D eigenvalue weighted by Crippen LogP contribution is -1.95. The van der Waals surface area contributed by atoms with Gasteiger partial charge in [-0.3, -0.25) is 5.10 Å². The van der Waals surface area contributed by atoms with E-state index in [1.54, 1.807) is 0 Å². The number of nitrogens with zero attached hydrogens (tertiary/aromatic N) is 4. The quantitative estimate of drug-likeness (QED) is 0.709. The molecule has 90 valence electrons. The molecule has 0 amide bonds. The molecule has 7 heteroatoms. The van der Waals surface area contributed by atoms with Crippen molar-refractivity contribution in [2.75, 3.05) is 0 Å². The van der Waals surface area contributed by atoms with E-state index in [4.69, 9.17) is 10.3 Å². The number of hydrogen-bond donors (Lipinski definition) is 2. The fourth-order valence-electron chi connectivity index (χ4n) is 1.58. The molecule has 0 atom stereocenters. The van der Waals surface area contributed by atoms with E-state index in [0.717, 1.165) is 11.1 Å². The fraction of sp³-hybridized carbons (Fsp3) is 0.0909. The van der Waals surface area contributed by atoms with Crippen LogP contribution in [0.3, 0.4) is 0 Å². The van der Waals surface area contributed by atoms with Gasteiger partial charge in [-0.1, -0.05) is 17.3 Å². The van der Waals surface area contributed by atoms with E-state index in [1.165, 1.54) is 6.33 Å². The normalized spacial score (nSPS) is 10.7. The second-order valence-electron chi connectivity index (χ2n) is 3.66. The average Bonchev–Trinajstić information content (AvgIpc) is 3.09. The smallest absolute Gasteiger partial charge is 0.258 e. The van der Waals surface area contributed by atoms with Crippen molar-refractivity contribution in [3.63, 3.8) is 0 Å². The van der Waals surface area contributed by atoms with Gasteiger partial charge in [-0.15, -0.1) is 0 Å². The van der Waals surface area contributed by atoms with E-state index >= 15 is 0 Å². The Morgan fingerprint density at radius 1 is 1.33 bits per heavy atom. The number of hydrogen-bond acceptors (Lipinski definition) is 6. The molecule has 0 spiro atoms. The van der Waals surface area contributed by atoms with Gasteiger partial charge in [0.25, 0.3) is 5.89 Å². The summed E-state index contributed by atoms with van der Waals surface area (Å²) < 4.78 is 5.18. The van der Waals surface area contributed by atoms with Crippen LogP contribution in [0.25, 0.3) is 23.1 Å². The maximum Gasteiger partial charge on any atom is 0.258 e. The highest BCUT2D eigenvalue weighted by Gasteiger charge is 2.12. The molecule has 18 heavy (non-hydrogen) atoms. The van der Waals surface area contributed by atoms with Crippen LogP contribution in [0.1, 0.15) is 5.56 Å². The fourth-order valence-corrected chi connectivity index (χ4v) is 1.58. The molecule has 3 N–H and O–H groups in total. The molecule has 0 bridgehead atoms. The molecule has 2 aromatic heterocycles. The predicted octanol–water partition coefficient (Wildman–Crippen LogP) is 0.980. The summed E-state index contributed by atoms with van der Waals surface area (Å²) in [6, 6.07) is 7.64. The number of benzene rings is 1. The van der Waals surface area contributed by atoms with Gasteiger partial charge in [0.05, 0.1) is 0 Å². The molecule has 0 aliphatic carbocycles. The van der Waals surface area contributed by atoms with E-state index in [9.17, 15) is 0 Å². The lowest BCUT2D eigenvalue weighted by atomic mass is 10.1. The average molecular weight is 242 g/mol. The number of aromatic amines is 1. The molecule has 7 nitrogen and oxygen atoms in total. The number of H-pyrrole nitrogens is 1. The molecule has 0 saturated heterocycles. The molecule has 0 aliphatic heterocycles. The molecule has 2 heterocycles. The summed E-state index contributed by atoms with van der Waals surface area (Å²) in [4.78, 5) is 8.20. The van der Waals surface area contributed by atoms with Gasteiger partial charge in [-0.25, -0.2) is 4.98 Å². The van der Waals surface area contributed by atoms with Gasteiger partial charge in [0, 0.05) is 12.1 Å². The van der Waals surface area contributed by atoms with E-state index in [2.05, 4.69) is 25.3 Å². The van der Waals surface area contributed by atoms with Crippen molar-refractivity contribution in [2.24, 2.45) is 5.73 Å². The minimum absolute atomic E-state index is 0.376. The van der Waals surface area contributed by atoms with Crippen molar-refractivity contribution in [3.05, 3.63) is 36.2 Å². The Kier molecular flexibility index (Phi) is 2.58. The second kappa shape index (κ2) is 4.38. The van der Waals surface area contributed by atoms with Crippen molar-refractivity contribution < 1.29 is 4.52 Å². The first-order valence-corrected chi connectivity index (χ1v) is 5.35. The zero-order chi connectivity index (χ0) is 12.4. The second-order valence-corrected chi connectivity index (χ2v) is 3.66. The number of nitrogens with one attached hydrogen (secondary N) is 1. The third-order valence-electron chi connectivity index (χ3n) is 2.46. The van der Waals surface area contributed by atoms with Gasteiger partial charge in [0.15, 0.2) is 5.82 Å². The molecule has 0 saturated carbocycles. The van der Waals surface area contributed by atoms with Crippen LogP contribution in [-0.4, -0.2) is 25.3 Å². The van der Waals surface area contributed by atoms with Crippen LogP contribution < -0.4 is 5.73 Å². The third-order valence-corrected chi connectivity index (χ3v) is 2.46. The summed E-state index contributed by atoms with van der Waals surface area (Å²) in [5.41, 5.74) is 7.43. The zero-order valence-corrected chi connectivity index (χ0v) is 9.37. The Morgan fingerprint density at radius 3 is 3.06 bits per heavy atom. The molecular weight excluding hydrogens is 232 g/mol. The van der Waals surface area contributed by atoms with Crippen LogP contribution in [0.4, 0.5) is 0 Å². The first kappa shape index (κ1) is 10.6. The minimum atomic E-state index is 0.376. The molecule has 0 radical (unpaired) electrons. The minimum Gasteiger partial charge on any atom is -0.334 e. The van der Waals surface area contributed by atoms with Gasteiger partial charge in [0.2, 0.25) is 5.82 Å². The van der Waals surface area contributed by atoms with Gasteiger partial charge in [-0.2, -0.15) is 10.1 Å². The van der Waals surface area contributed by atoms with Gasteiger partial charge in [-0.05, 0) is 17.7 Å². The van der Waals surface area contributed by atoms with Gasteiger partial charge >= 0.3 is 0 Å². The van der Waals surface area contributed by atoms with E-state index in [-0.39, 0.29) is 0 Å². The number of aromatic nitrogens is 5. The van der Waals surface area contributed by atoms with Crippen LogP contribution in [-0.2, 0) is 6.54 Å². The largest absolute Gasteiger partial charge is 0.334 e. The Hall–Kier alpha value is -2.54. The molecule has 0 aliphatic rings. The topological polar surface area (TPSA) is 107 Å². The van der Waals surface area contributed by atoms with Crippen molar-refractivity contribution in [2.45, 2.75) is 6.54 Å². The van der Waals surface area contributed by atoms with Crippen LogP contribution in [0, 0.1) is 0 Å². The Labute approximate surface area is 102 Å². The van der Waals surface area contributed by atoms with Crippen molar-refractivity contribution in [1.82, 2.24) is 25.3 Å². The van der Waals surface area contributed by atoms with Crippen LogP contribution >= 0.6 is 0 Å². The van der Waals surface area contributed by atoms with E-state index in [1.807, 2.05) is 24.3 Å². The molecular formula is C11H10N6O. The maximum atomic E-state index is 5.59. The van der Waals surface area contributed by atoms with Gasteiger partial charge < -0.3 is 10.3 Å². The molecule has 3 aromatic rings. The first-order chi connectivity index (χ1) is 8.86. The van der Waals surface area contributed by atoms with Crippen molar-refractivity contribution >= 4 is 0 Å². The summed E-state index contributed by atoms with van der Waals surface area (Å²) in [6.07, 6.45) is 1.39. The van der Waals surface area contributed by atoms with E-state index < -0.39 is 0 Å². The van der Waals surface area contributed by atoms with Crippen LogP contribution in [0.2, 0.25) is 0 Å². The van der Waals surface area contributed by atoms with Crippen molar-refractivity contribution in [1.29, 1.82) is 0 Å². The SMILES string of the molecule is NCc1cccc(-c2nc(-c3ncn[nH]3)no2)c1. The molecule has 3 rings (SSSR count). The monoisotopic (exact) mass is 242 g/mol. The highest BCUT2D eigenvalue weighted by atomic mass is 16.5. The number of rotatable bonds is 3. The standard InChI is InChI=1S/C11H10N6O/c12-5-7-2-1-3-8(4-7)11-15-10(17-18-11)9-13-6-14-16-9/h1-4,6H,5,12H2,(H,13,14,16). The summed E-state index contributed by atoms with van der Waals surface area (Å²) >= 11 is 0. The summed E-state index contributed by atoms with van der Waals surface area (Å²) in [5, 5.41) is 10.2. The Morgan fingerprint density at radius 2 is 2.28 bits per heavy atom. The first-order valence-electron chi connectivity index (χ1n) is 5.35. The zero-order valence-electron chi connectivity index (χ0n) is 9.37. The Balaban J connectivity index is 1.97. The third kappa shape index (κ3) is 1.87. The lowest BCUT2D eigenvalue weighted by Gasteiger charge is -1.97. The summed E-state index contributed by atoms with van der Waals surface area (Å²) in [6.45, 7) is 0.469. The molecule has 1 aromatic carbocycles. The summed E-state index contributed by atoms with van der Waals surface area (Å²) in [5.74, 6) is 1.28. The van der Waals surface area contributed by atoms with E-state index in [0.29, 0.717) is 24.1 Å². The molecule has 0 unspecified atom stereocenters. The molecule has 0 fully saturated rings. The highest BCUT2D eigenvalue weighted by molar-refractivity contribution is 5.56.